The van der Waals surface area contributed by atoms with Crippen molar-refractivity contribution in [1.82, 2.24) is 9.97 Å². The van der Waals surface area contributed by atoms with Crippen LogP contribution in [0.3, 0.4) is 0 Å². The normalized spacial score (nSPS) is 10.9. The topological polar surface area (TPSA) is 55.0 Å². The van der Waals surface area contributed by atoms with E-state index in [2.05, 4.69) is 9.97 Å². The Morgan fingerprint density at radius 3 is 3.00 bits per heavy atom. The van der Waals surface area contributed by atoms with Crippen molar-refractivity contribution >= 4 is 17.0 Å². The number of H-pyrrole nitrogens is 1. The van der Waals surface area contributed by atoms with Crippen LogP contribution in [-0.4, -0.2) is 22.0 Å². The van der Waals surface area contributed by atoms with Crippen LogP contribution in [0.25, 0.3) is 11.0 Å². The summed E-state index contributed by atoms with van der Waals surface area (Å²) in [5.41, 5.74) is 2.23. The van der Waals surface area contributed by atoms with E-state index in [1.165, 1.54) is 0 Å². The summed E-state index contributed by atoms with van der Waals surface area (Å²) in [5.74, 6) is -0.304. The van der Waals surface area contributed by atoms with Crippen molar-refractivity contribution in [3.8, 4) is 0 Å². The second kappa shape index (κ2) is 3.73. The third-order valence-electron chi connectivity index (χ3n) is 2.00. The number of ether oxygens (including phenoxy) is 1. The minimum Gasteiger partial charge on any atom is -0.459 e. The smallest absolute Gasteiger partial charge is 0.338 e. The molecule has 1 aromatic heterocycles. The lowest BCUT2D eigenvalue weighted by Crippen LogP contribution is -2.11. The number of fused-ring (bicyclic) bond motifs is 1. The quantitative estimate of drug-likeness (QED) is 0.762. The van der Waals surface area contributed by atoms with E-state index >= 15 is 0 Å². The lowest BCUT2D eigenvalue weighted by molar-refractivity contribution is 0.0378. The molecular formula is C11H12N2O2. The Balaban J connectivity index is 2.31. The zero-order valence-electron chi connectivity index (χ0n) is 8.65. The molecule has 4 nitrogen and oxygen atoms in total. The molecule has 15 heavy (non-hydrogen) atoms. The van der Waals surface area contributed by atoms with Gasteiger partial charge in [0.05, 0.1) is 29.0 Å². The number of hydrogen-bond acceptors (Lipinski definition) is 3. The Labute approximate surface area is 87.3 Å². The SMILES string of the molecule is CC(C)OC(=O)c1ccc2nc[nH]c2c1. The van der Waals surface area contributed by atoms with Crippen LogP contribution in [-0.2, 0) is 4.74 Å². The number of imidazole rings is 1. The molecular weight excluding hydrogens is 192 g/mol. The van der Waals surface area contributed by atoms with Gasteiger partial charge < -0.3 is 9.72 Å². The lowest BCUT2D eigenvalue weighted by Gasteiger charge is -2.07. The van der Waals surface area contributed by atoms with E-state index in [0.29, 0.717) is 5.56 Å². The van der Waals surface area contributed by atoms with E-state index in [1.54, 1.807) is 24.5 Å². The van der Waals surface area contributed by atoms with Crippen molar-refractivity contribution in [3.05, 3.63) is 30.1 Å². The summed E-state index contributed by atoms with van der Waals surface area (Å²) >= 11 is 0. The van der Waals surface area contributed by atoms with Crippen LogP contribution >= 0.6 is 0 Å². The first-order valence-corrected chi connectivity index (χ1v) is 4.81. The van der Waals surface area contributed by atoms with E-state index in [-0.39, 0.29) is 12.1 Å². The van der Waals surface area contributed by atoms with Crippen molar-refractivity contribution in [1.29, 1.82) is 0 Å². The number of carbonyl (C=O) groups excluding carboxylic acids is 1. The molecule has 0 fully saturated rings. The monoisotopic (exact) mass is 204 g/mol. The van der Waals surface area contributed by atoms with Gasteiger partial charge >= 0.3 is 5.97 Å². The minimum absolute atomic E-state index is 0.102. The molecule has 0 spiro atoms. The average molecular weight is 204 g/mol. The van der Waals surface area contributed by atoms with Crippen LogP contribution in [0.4, 0.5) is 0 Å². The second-order valence-corrected chi connectivity index (χ2v) is 3.59. The predicted octanol–water partition coefficient (Wildman–Crippen LogP) is 2.13. The third kappa shape index (κ3) is 1.98. The van der Waals surface area contributed by atoms with Crippen molar-refractivity contribution in [3.63, 3.8) is 0 Å². The number of nitrogens with zero attached hydrogens (tertiary/aromatic N) is 1. The first kappa shape index (κ1) is 9.71. The number of esters is 1. The van der Waals surface area contributed by atoms with E-state index in [1.807, 2.05) is 13.8 Å². The van der Waals surface area contributed by atoms with Crippen LogP contribution in [0.2, 0.25) is 0 Å². The van der Waals surface area contributed by atoms with Gasteiger partial charge in [-0.2, -0.15) is 0 Å². The molecule has 0 saturated heterocycles. The fourth-order valence-electron chi connectivity index (χ4n) is 1.34. The molecule has 2 rings (SSSR count). The minimum atomic E-state index is -0.304. The summed E-state index contributed by atoms with van der Waals surface area (Å²) in [5, 5.41) is 0. The molecule has 1 heterocycles. The summed E-state index contributed by atoms with van der Waals surface area (Å²) < 4.78 is 5.09. The first-order chi connectivity index (χ1) is 7.16. The standard InChI is InChI=1S/C11H12N2O2/c1-7(2)15-11(14)8-3-4-9-10(5-8)13-6-12-9/h3-7H,1-2H3,(H,12,13). The molecule has 2 aromatic rings. The second-order valence-electron chi connectivity index (χ2n) is 3.59. The highest BCUT2D eigenvalue weighted by molar-refractivity contribution is 5.93. The van der Waals surface area contributed by atoms with Gasteiger partial charge in [-0.25, -0.2) is 9.78 Å². The zero-order chi connectivity index (χ0) is 10.8. The molecule has 0 aliphatic rings. The molecule has 0 bridgehead atoms. The Kier molecular flexibility index (Phi) is 2.41. The Morgan fingerprint density at radius 2 is 2.27 bits per heavy atom. The summed E-state index contributed by atoms with van der Waals surface area (Å²) in [6, 6.07) is 5.25. The summed E-state index contributed by atoms with van der Waals surface area (Å²) in [6.45, 7) is 3.65. The van der Waals surface area contributed by atoms with Crippen molar-refractivity contribution in [2.75, 3.05) is 0 Å². The Hall–Kier alpha value is -1.84. The molecule has 1 N–H and O–H groups in total. The van der Waals surface area contributed by atoms with E-state index in [4.69, 9.17) is 4.74 Å². The lowest BCUT2D eigenvalue weighted by atomic mass is 10.2. The van der Waals surface area contributed by atoms with Crippen molar-refractivity contribution < 1.29 is 9.53 Å². The number of carbonyl (C=O) groups is 1. The van der Waals surface area contributed by atoms with Gasteiger partial charge in [0.2, 0.25) is 0 Å². The van der Waals surface area contributed by atoms with E-state index in [9.17, 15) is 4.79 Å². The first-order valence-electron chi connectivity index (χ1n) is 4.81. The fourth-order valence-corrected chi connectivity index (χ4v) is 1.34. The fraction of sp³-hybridized carbons (Fsp3) is 0.273. The molecule has 4 heteroatoms. The number of nitrogens with one attached hydrogen (secondary N) is 1. The van der Waals surface area contributed by atoms with Crippen LogP contribution in [0, 0.1) is 0 Å². The molecule has 1 aromatic carbocycles. The highest BCUT2D eigenvalue weighted by Crippen LogP contribution is 2.12. The number of rotatable bonds is 2. The summed E-state index contributed by atoms with van der Waals surface area (Å²) in [4.78, 5) is 18.6. The van der Waals surface area contributed by atoms with Gasteiger partial charge in [-0.3, -0.25) is 0 Å². The number of aromatic amines is 1. The maximum absolute atomic E-state index is 11.6. The Bertz CT molecular complexity index is 488. The van der Waals surface area contributed by atoms with Crippen LogP contribution in [0.1, 0.15) is 24.2 Å². The maximum atomic E-state index is 11.6. The molecule has 0 saturated carbocycles. The Morgan fingerprint density at radius 1 is 1.47 bits per heavy atom. The van der Waals surface area contributed by atoms with Gasteiger partial charge in [0, 0.05) is 0 Å². The van der Waals surface area contributed by atoms with Crippen LogP contribution in [0.5, 0.6) is 0 Å². The molecule has 0 atom stereocenters. The average Bonchev–Trinajstić information content (AvgIpc) is 2.62. The summed E-state index contributed by atoms with van der Waals surface area (Å²) in [7, 11) is 0. The van der Waals surface area contributed by atoms with Gasteiger partial charge in [-0.1, -0.05) is 0 Å². The molecule has 0 unspecified atom stereocenters. The van der Waals surface area contributed by atoms with E-state index < -0.39 is 0 Å². The van der Waals surface area contributed by atoms with Crippen molar-refractivity contribution in [2.24, 2.45) is 0 Å². The molecule has 0 aliphatic heterocycles. The van der Waals surface area contributed by atoms with Gasteiger partial charge in [-0.05, 0) is 32.0 Å². The predicted molar refractivity (Wildman–Crippen MR) is 56.6 cm³/mol. The highest BCUT2D eigenvalue weighted by atomic mass is 16.5. The number of benzene rings is 1. The van der Waals surface area contributed by atoms with Crippen molar-refractivity contribution in [2.45, 2.75) is 20.0 Å². The number of aromatic nitrogens is 2. The molecule has 0 aliphatic carbocycles. The molecule has 0 amide bonds. The molecule has 78 valence electrons. The van der Waals surface area contributed by atoms with Crippen LogP contribution < -0.4 is 0 Å². The van der Waals surface area contributed by atoms with Gasteiger partial charge in [-0.15, -0.1) is 0 Å². The van der Waals surface area contributed by atoms with Gasteiger partial charge in [0.15, 0.2) is 0 Å². The van der Waals surface area contributed by atoms with Gasteiger partial charge in [0.25, 0.3) is 0 Å². The maximum Gasteiger partial charge on any atom is 0.338 e. The largest absolute Gasteiger partial charge is 0.459 e. The van der Waals surface area contributed by atoms with Gasteiger partial charge in [0.1, 0.15) is 0 Å². The molecule has 0 radical (unpaired) electrons. The van der Waals surface area contributed by atoms with Crippen LogP contribution in [0.15, 0.2) is 24.5 Å². The third-order valence-corrected chi connectivity index (χ3v) is 2.00. The summed E-state index contributed by atoms with van der Waals surface area (Å²) in [6.07, 6.45) is 1.50. The zero-order valence-corrected chi connectivity index (χ0v) is 8.65. The number of hydrogen-bond donors (Lipinski definition) is 1. The van der Waals surface area contributed by atoms with E-state index in [0.717, 1.165) is 11.0 Å². The highest BCUT2D eigenvalue weighted by Gasteiger charge is 2.09.